The molecule has 2 aliphatic rings. The number of amides is 1. The molecule has 1 N–H and O–H groups in total. The molecule has 0 aromatic rings. The van der Waals surface area contributed by atoms with E-state index in [-0.39, 0.29) is 5.91 Å². The van der Waals surface area contributed by atoms with E-state index in [0.717, 1.165) is 13.1 Å². The summed E-state index contributed by atoms with van der Waals surface area (Å²) < 4.78 is 24.2. The van der Waals surface area contributed by atoms with Gasteiger partial charge in [-0.15, -0.1) is 0 Å². The zero-order valence-electron chi connectivity index (χ0n) is 11.5. The molecular weight excluding hydrogens is 268 g/mol. The van der Waals surface area contributed by atoms with Crippen LogP contribution in [0.1, 0.15) is 0 Å². The Balaban J connectivity index is 1.79. The highest BCUT2D eigenvalue weighted by Gasteiger charge is 2.28. The van der Waals surface area contributed by atoms with Crippen LogP contribution in [0.3, 0.4) is 0 Å². The topological polar surface area (TPSA) is 73.0 Å². The highest BCUT2D eigenvalue weighted by atomic mass is 32.2. The molecule has 0 radical (unpaired) electrons. The van der Waals surface area contributed by atoms with E-state index in [2.05, 4.69) is 10.2 Å². The molecule has 0 aliphatic carbocycles. The van der Waals surface area contributed by atoms with Crippen molar-refractivity contribution in [3.05, 3.63) is 0 Å². The Hall–Kier alpha value is -0.700. The monoisotopic (exact) mass is 290 g/mol. The maximum Gasteiger partial charge on any atom is 0.236 e. The van der Waals surface area contributed by atoms with Crippen LogP contribution < -0.4 is 5.32 Å². The van der Waals surface area contributed by atoms with Crippen molar-refractivity contribution in [3.8, 4) is 0 Å². The van der Waals surface area contributed by atoms with Crippen molar-refractivity contribution < 1.29 is 13.2 Å². The number of nitrogens with one attached hydrogen (secondary N) is 1. The van der Waals surface area contributed by atoms with Gasteiger partial charge in [0, 0.05) is 45.3 Å². The second-order valence-electron chi connectivity index (χ2n) is 5.27. The Morgan fingerprint density at radius 3 is 2.26 bits per heavy atom. The Morgan fingerprint density at radius 2 is 1.84 bits per heavy atom. The van der Waals surface area contributed by atoms with Crippen molar-refractivity contribution >= 4 is 15.9 Å². The summed E-state index contributed by atoms with van der Waals surface area (Å²) in [7, 11) is -1.18. The van der Waals surface area contributed by atoms with Crippen LogP contribution in [0, 0.1) is 0 Å². The van der Waals surface area contributed by atoms with E-state index in [1.54, 1.807) is 4.90 Å². The Bertz CT molecular complexity index is 427. The number of hydrogen-bond donors (Lipinski definition) is 1. The number of sulfonamides is 1. The molecule has 2 rings (SSSR count). The van der Waals surface area contributed by atoms with Crippen molar-refractivity contribution in [3.63, 3.8) is 0 Å². The lowest BCUT2D eigenvalue weighted by atomic mass is 10.1. The molecule has 0 unspecified atom stereocenters. The van der Waals surface area contributed by atoms with E-state index in [9.17, 15) is 13.2 Å². The summed E-state index contributed by atoms with van der Waals surface area (Å²) in [6, 6.07) is 0.446. The average molecular weight is 290 g/mol. The van der Waals surface area contributed by atoms with Gasteiger partial charge in [0.15, 0.2) is 0 Å². The van der Waals surface area contributed by atoms with Crippen molar-refractivity contribution in [2.45, 2.75) is 6.04 Å². The lowest BCUT2D eigenvalue weighted by molar-refractivity contribution is -0.134. The van der Waals surface area contributed by atoms with Gasteiger partial charge in [-0.25, -0.2) is 8.42 Å². The fourth-order valence-corrected chi connectivity index (χ4v) is 3.12. The van der Waals surface area contributed by atoms with Crippen molar-refractivity contribution in [1.29, 1.82) is 0 Å². The van der Waals surface area contributed by atoms with Crippen LogP contribution in [-0.2, 0) is 14.8 Å². The number of piperazine rings is 1. The van der Waals surface area contributed by atoms with Crippen LogP contribution in [0.15, 0.2) is 0 Å². The highest BCUT2D eigenvalue weighted by Crippen LogP contribution is 2.08. The molecule has 1 amide bonds. The first kappa shape index (κ1) is 14.7. The molecule has 110 valence electrons. The predicted molar refractivity (Wildman–Crippen MR) is 72.3 cm³/mol. The summed E-state index contributed by atoms with van der Waals surface area (Å²) in [5, 5.41) is 3.18. The first-order valence-corrected chi connectivity index (χ1v) is 8.36. The van der Waals surface area contributed by atoms with Crippen molar-refractivity contribution in [2.75, 3.05) is 59.1 Å². The van der Waals surface area contributed by atoms with Gasteiger partial charge in [-0.1, -0.05) is 0 Å². The van der Waals surface area contributed by atoms with E-state index in [1.807, 2.05) is 7.05 Å². The summed E-state index contributed by atoms with van der Waals surface area (Å²) in [5.74, 6) is 0.0857. The molecule has 2 fully saturated rings. The Morgan fingerprint density at radius 1 is 1.26 bits per heavy atom. The fourth-order valence-electron chi connectivity index (χ4n) is 2.30. The SMILES string of the molecule is CN(CC(=O)N1CCN(S(C)(=O)=O)CC1)C1CNC1. The van der Waals surface area contributed by atoms with Gasteiger partial charge >= 0.3 is 0 Å². The smallest absolute Gasteiger partial charge is 0.236 e. The number of carbonyl (C=O) groups is 1. The van der Waals surface area contributed by atoms with E-state index in [0.29, 0.717) is 38.8 Å². The molecule has 0 saturated carbocycles. The van der Waals surface area contributed by atoms with Gasteiger partial charge in [-0.2, -0.15) is 4.31 Å². The fraction of sp³-hybridized carbons (Fsp3) is 0.909. The third-order valence-electron chi connectivity index (χ3n) is 3.83. The van der Waals surface area contributed by atoms with Crippen LogP contribution in [0.2, 0.25) is 0 Å². The van der Waals surface area contributed by atoms with Crippen LogP contribution in [-0.4, -0.2) is 93.6 Å². The molecule has 2 saturated heterocycles. The molecule has 0 spiro atoms. The van der Waals surface area contributed by atoms with Gasteiger partial charge in [-0.05, 0) is 7.05 Å². The number of nitrogens with zero attached hydrogens (tertiary/aromatic N) is 3. The molecule has 0 bridgehead atoms. The van der Waals surface area contributed by atoms with E-state index in [1.165, 1.54) is 10.6 Å². The van der Waals surface area contributed by atoms with Gasteiger partial charge in [0.2, 0.25) is 15.9 Å². The van der Waals surface area contributed by atoms with E-state index in [4.69, 9.17) is 0 Å². The second kappa shape index (κ2) is 5.74. The zero-order valence-corrected chi connectivity index (χ0v) is 12.3. The number of hydrogen-bond acceptors (Lipinski definition) is 5. The maximum atomic E-state index is 12.1. The predicted octanol–water partition coefficient (Wildman–Crippen LogP) is -2.01. The minimum absolute atomic E-state index is 0.0857. The van der Waals surface area contributed by atoms with Gasteiger partial charge in [0.05, 0.1) is 12.8 Å². The molecular formula is C11H22N4O3S. The first-order valence-electron chi connectivity index (χ1n) is 6.52. The van der Waals surface area contributed by atoms with Gasteiger partial charge < -0.3 is 10.2 Å². The van der Waals surface area contributed by atoms with Gasteiger partial charge in [0.1, 0.15) is 0 Å². The summed E-state index contributed by atoms with van der Waals surface area (Å²) in [4.78, 5) is 15.9. The molecule has 2 heterocycles. The third kappa shape index (κ3) is 3.65. The number of likely N-dealkylation sites (N-methyl/N-ethyl adjacent to an activating group) is 1. The van der Waals surface area contributed by atoms with Crippen LogP contribution in [0.25, 0.3) is 0 Å². The summed E-state index contributed by atoms with van der Waals surface area (Å²) in [6.45, 7) is 4.06. The largest absolute Gasteiger partial charge is 0.339 e. The number of carbonyl (C=O) groups excluding carboxylic acids is 1. The quantitative estimate of drug-likeness (QED) is 0.648. The lowest BCUT2D eigenvalue weighted by Gasteiger charge is -2.38. The van der Waals surface area contributed by atoms with Crippen LogP contribution in [0.5, 0.6) is 0 Å². The molecule has 7 nitrogen and oxygen atoms in total. The van der Waals surface area contributed by atoms with Gasteiger partial charge in [0.25, 0.3) is 0 Å². The molecule has 8 heteroatoms. The van der Waals surface area contributed by atoms with Crippen molar-refractivity contribution in [2.24, 2.45) is 0 Å². The molecule has 2 aliphatic heterocycles. The molecule has 0 atom stereocenters. The minimum Gasteiger partial charge on any atom is -0.339 e. The lowest BCUT2D eigenvalue weighted by Crippen LogP contribution is -2.58. The second-order valence-corrected chi connectivity index (χ2v) is 7.25. The van der Waals surface area contributed by atoms with Crippen molar-refractivity contribution in [1.82, 2.24) is 19.4 Å². The van der Waals surface area contributed by atoms with Gasteiger partial charge in [-0.3, -0.25) is 9.69 Å². The minimum atomic E-state index is -3.13. The number of rotatable bonds is 4. The summed E-state index contributed by atoms with van der Waals surface area (Å²) >= 11 is 0. The molecule has 19 heavy (non-hydrogen) atoms. The standard InChI is InChI=1S/C11H22N4O3S/c1-13(10-7-12-8-10)9-11(16)14-3-5-15(6-4-14)19(2,17)18/h10,12H,3-9H2,1-2H3. The normalized spacial score (nSPS) is 22.6. The summed E-state index contributed by atoms with van der Waals surface area (Å²) in [5.41, 5.74) is 0. The van der Waals surface area contributed by atoms with Crippen LogP contribution >= 0.6 is 0 Å². The Labute approximate surface area is 114 Å². The average Bonchev–Trinajstić information content (AvgIpc) is 2.25. The zero-order chi connectivity index (χ0) is 14.0. The van der Waals surface area contributed by atoms with Crippen LogP contribution in [0.4, 0.5) is 0 Å². The maximum absolute atomic E-state index is 12.1. The highest BCUT2D eigenvalue weighted by molar-refractivity contribution is 7.88. The third-order valence-corrected chi connectivity index (χ3v) is 5.13. The molecule has 0 aromatic carbocycles. The molecule has 0 aromatic heterocycles. The Kier molecular flexibility index (Phi) is 4.44. The first-order chi connectivity index (χ1) is 8.88. The van der Waals surface area contributed by atoms with E-state index >= 15 is 0 Å². The van der Waals surface area contributed by atoms with E-state index < -0.39 is 10.0 Å². The summed E-state index contributed by atoms with van der Waals surface area (Å²) in [6.07, 6.45) is 1.21.